The number of halogens is 2. The van der Waals surface area contributed by atoms with E-state index in [0.29, 0.717) is 22.1 Å². The first-order chi connectivity index (χ1) is 14.2. The van der Waals surface area contributed by atoms with Crippen molar-refractivity contribution < 1.29 is 19.7 Å². The zero-order valence-corrected chi connectivity index (χ0v) is 19.8. The molecule has 1 amide bonds. The topological polar surface area (TPSA) is 78.8 Å². The number of phenolic OH excluding ortho intramolecular Hbond substituents is 1. The van der Waals surface area contributed by atoms with Crippen molar-refractivity contribution in [2.24, 2.45) is 5.41 Å². The molecule has 0 radical (unpaired) electrons. The highest BCUT2D eigenvalue weighted by Crippen LogP contribution is 2.46. The number of benzene rings is 3. The summed E-state index contributed by atoms with van der Waals surface area (Å²) < 4.78 is 7.04. The minimum atomic E-state index is -0.798. The summed E-state index contributed by atoms with van der Waals surface area (Å²) in [6.45, 7) is 3.69. The molecule has 0 saturated carbocycles. The molecule has 3 aromatic carbocycles. The predicted molar refractivity (Wildman–Crippen MR) is 126 cm³/mol. The van der Waals surface area contributed by atoms with Gasteiger partial charge in [0.1, 0.15) is 11.9 Å². The lowest BCUT2D eigenvalue weighted by atomic mass is 9.79. The number of anilines is 1. The summed E-state index contributed by atoms with van der Waals surface area (Å²) in [5.41, 5.74) is 0.446. The molecule has 0 aliphatic carbocycles. The number of aliphatic hydroxyl groups excluding tert-OH is 1. The molecule has 0 bridgehead atoms. The number of hydrogen-bond donors (Lipinski definition) is 3. The molecule has 0 aliphatic heterocycles. The number of ether oxygens (including phenoxy) is 1. The fraction of sp³-hybridized carbons (Fsp3) is 0.261. The van der Waals surface area contributed by atoms with Crippen LogP contribution in [0.25, 0.3) is 10.8 Å². The van der Waals surface area contributed by atoms with Gasteiger partial charge >= 0.3 is 6.09 Å². The van der Waals surface area contributed by atoms with Crippen LogP contribution < -0.4 is 5.32 Å². The Kier molecular flexibility index (Phi) is 7.06. The van der Waals surface area contributed by atoms with Gasteiger partial charge in [0.15, 0.2) is 0 Å². The zero-order valence-electron chi connectivity index (χ0n) is 16.7. The van der Waals surface area contributed by atoms with Crippen LogP contribution in [0.4, 0.5) is 10.5 Å². The number of hydrogen-bond acceptors (Lipinski definition) is 4. The first-order valence-electron chi connectivity index (χ1n) is 9.47. The summed E-state index contributed by atoms with van der Waals surface area (Å²) >= 11 is 6.75. The van der Waals surface area contributed by atoms with E-state index < -0.39 is 17.6 Å². The maximum absolute atomic E-state index is 12.9. The van der Waals surface area contributed by atoms with Crippen molar-refractivity contribution in [1.82, 2.24) is 0 Å². The van der Waals surface area contributed by atoms with Crippen molar-refractivity contribution >= 4 is 54.4 Å². The molecule has 7 heteroatoms. The number of carbonyl (C=O) groups is 1. The second-order valence-corrected chi connectivity index (χ2v) is 9.49. The average molecular weight is 537 g/mol. The molecule has 0 aliphatic rings. The van der Waals surface area contributed by atoms with Gasteiger partial charge in [-0.2, -0.15) is 0 Å². The van der Waals surface area contributed by atoms with Gasteiger partial charge in [0.2, 0.25) is 0 Å². The quantitative estimate of drug-likeness (QED) is 0.325. The summed E-state index contributed by atoms with van der Waals surface area (Å²) in [6, 6.07) is 16.8. The SMILES string of the molecule is CC(C)(CCO)[C@@H](OC(=O)Nc1cccc2ccccc12)c1cc(Br)cc(Br)c1O. The third-order valence-corrected chi connectivity index (χ3v) is 6.12. The number of fused-ring (bicyclic) bond motifs is 1. The Morgan fingerprint density at radius 1 is 1.13 bits per heavy atom. The van der Waals surface area contributed by atoms with Gasteiger partial charge in [0.05, 0.1) is 10.2 Å². The van der Waals surface area contributed by atoms with E-state index in [4.69, 9.17) is 4.74 Å². The van der Waals surface area contributed by atoms with Gasteiger partial charge in [-0.05, 0) is 45.9 Å². The molecule has 30 heavy (non-hydrogen) atoms. The minimum Gasteiger partial charge on any atom is -0.506 e. The van der Waals surface area contributed by atoms with Crippen LogP contribution in [0.3, 0.4) is 0 Å². The molecule has 0 aromatic heterocycles. The smallest absolute Gasteiger partial charge is 0.412 e. The van der Waals surface area contributed by atoms with Crippen LogP contribution in [0.5, 0.6) is 5.75 Å². The number of carbonyl (C=O) groups excluding carboxylic acids is 1. The summed E-state index contributed by atoms with van der Waals surface area (Å²) in [4.78, 5) is 12.9. The normalized spacial score (nSPS) is 12.6. The van der Waals surface area contributed by atoms with Crippen LogP contribution in [-0.4, -0.2) is 22.9 Å². The first-order valence-corrected chi connectivity index (χ1v) is 11.1. The highest BCUT2D eigenvalue weighted by Gasteiger charge is 2.36. The van der Waals surface area contributed by atoms with Crippen molar-refractivity contribution in [2.45, 2.75) is 26.4 Å². The monoisotopic (exact) mass is 535 g/mol. The van der Waals surface area contributed by atoms with Gasteiger partial charge in [-0.1, -0.05) is 66.2 Å². The van der Waals surface area contributed by atoms with Gasteiger partial charge in [-0.15, -0.1) is 0 Å². The molecule has 3 N–H and O–H groups in total. The number of nitrogens with one attached hydrogen (secondary N) is 1. The van der Waals surface area contributed by atoms with E-state index in [0.717, 1.165) is 15.2 Å². The summed E-state index contributed by atoms with van der Waals surface area (Å²) in [5.74, 6) is -0.00724. The van der Waals surface area contributed by atoms with Crippen LogP contribution in [0.1, 0.15) is 31.9 Å². The lowest BCUT2D eigenvalue weighted by Gasteiger charge is -2.34. The van der Waals surface area contributed by atoms with Crippen LogP contribution >= 0.6 is 31.9 Å². The number of rotatable bonds is 6. The maximum atomic E-state index is 12.9. The molecule has 158 valence electrons. The fourth-order valence-corrected chi connectivity index (χ4v) is 4.69. The Morgan fingerprint density at radius 2 is 1.83 bits per heavy atom. The van der Waals surface area contributed by atoms with Gasteiger partial charge in [-0.25, -0.2) is 4.79 Å². The van der Waals surface area contributed by atoms with Crippen LogP contribution in [0, 0.1) is 5.41 Å². The van der Waals surface area contributed by atoms with E-state index in [1.54, 1.807) is 12.1 Å². The standard InChI is InChI=1S/C23H23Br2NO4/c1-23(2,10-11-27)21(17-12-15(24)13-18(25)20(17)28)30-22(29)26-19-9-5-7-14-6-3-4-8-16(14)19/h3-9,12-13,21,27-28H,10-11H2,1-2H3,(H,26,29)/t21-/m0/s1. The third kappa shape index (κ3) is 4.96. The molecule has 3 rings (SSSR count). The first kappa shape index (κ1) is 22.6. The van der Waals surface area contributed by atoms with E-state index >= 15 is 0 Å². The largest absolute Gasteiger partial charge is 0.506 e. The molecule has 0 saturated heterocycles. The molecule has 5 nitrogen and oxygen atoms in total. The Hall–Kier alpha value is -2.09. The molecule has 3 aromatic rings. The molecule has 0 heterocycles. The van der Waals surface area contributed by atoms with E-state index in [2.05, 4.69) is 37.2 Å². The van der Waals surface area contributed by atoms with Crippen molar-refractivity contribution in [3.05, 3.63) is 69.1 Å². The van der Waals surface area contributed by atoms with E-state index in [1.165, 1.54) is 0 Å². The second-order valence-electron chi connectivity index (χ2n) is 7.72. The number of phenols is 1. The Balaban J connectivity index is 1.94. The van der Waals surface area contributed by atoms with E-state index in [-0.39, 0.29) is 12.4 Å². The van der Waals surface area contributed by atoms with Crippen LogP contribution in [0.2, 0.25) is 0 Å². The van der Waals surface area contributed by atoms with Crippen LogP contribution in [0.15, 0.2) is 63.5 Å². The lowest BCUT2D eigenvalue weighted by molar-refractivity contribution is 0.0138. The number of amides is 1. The van der Waals surface area contributed by atoms with Crippen molar-refractivity contribution in [3.63, 3.8) is 0 Å². The van der Waals surface area contributed by atoms with Gasteiger partial charge < -0.3 is 14.9 Å². The van der Waals surface area contributed by atoms with Crippen molar-refractivity contribution in [1.29, 1.82) is 0 Å². The zero-order chi connectivity index (χ0) is 21.9. The average Bonchev–Trinajstić information content (AvgIpc) is 2.69. The highest BCUT2D eigenvalue weighted by atomic mass is 79.9. The van der Waals surface area contributed by atoms with Gasteiger partial charge in [-0.3, -0.25) is 5.32 Å². The van der Waals surface area contributed by atoms with E-state index in [1.807, 2.05) is 56.3 Å². The molecule has 0 unspecified atom stereocenters. The number of aromatic hydroxyl groups is 1. The molecular formula is C23H23Br2NO4. The van der Waals surface area contributed by atoms with Crippen LogP contribution in [-0.2, 0) is 4.74 Å². The van der Waals surface area contributed by atoms with Crippen molar-refractivity contribution in [3.8, 4) is 5.75 Å². The second kappa shape index (κ2) is 9.37. The minimum absolute atomic E-state index is 0.00724. The molecule has 0 fully saturated rings. The molecule has 0 spiro atoms. The van der Waals surface area contributed by atoms with Gasteiger partial charge in [0.25, 0.3) is 0 Å². The van der Waals surface area contributed by atoms with Crippen molar-refractivity contribution in [2.75, 3.05) is 11.9 Å². The molecular weight excluding hydrogens is 514 g/mol. The third-order valence-electron chi connectivity index (χ3n) is 5.06. The molecule has 1 atom stereocenters. The Bertz CT molecular complexity index is 1060. The maximum Gasteiger partial charge on any atom is 0.412 e. The van der Waals surface area contributed by atoms with Gasteiger partial charge in [0, 0.05) is 27.4 Å². The lowest BCUT2D eigenvalue weighted by Crippen LogP contribution is -2.30. The highest BCUT2D eigenvalue weighted by molar-refractivity contribution is 9.11. The summed E-state index contributed by atoms with van der Waals surface area (Å²) in [5, 5.41) is 24.9. The Morgan fingerprint density at radius 3 is 2.57 bits per heavy atom. The number of aliphatic hydroxyl groups is 1. The summed E-state index contributed by atoms with van der Waals surface area (Å²) in [6.07, 6.45) is -1.06. The Labute approximate surface area is 192 Å². The fourth-order valence-electron chi connectivity index (χ4n) is 3.43. The summed E-state index contributed by atoms with van der Waals surface area (Å²) in [7, 11) is 0. The predicted octanol–water partition coefficient (Wildman–Crippen LogP) is 6.77. The van der Waals surface area contributed by atoms with E-state index in [9.17, 15) is 15.0 Å².